The van der Waals surface area contributed by atoms with Gasteiger partial charge in [-0.3, -0.25) is 4.99 Å². The standard InChI is InChI=1S/C13H18N2/c1-6-9-10-11-12(7-2)13(14-4)15(5)8-3/h6-11H,1-3H2,4-5H3/b10-9-,12-11+,14-13?. The first-order chi connectivity index (χ1) is 7.21. The van der Waals surface area contributed by atoms with Crippen molar-refractivity contribution in [3.05, 3.63) is 61.9 Å². The summed E-state index contributed by atoms with van der Waals surface area (Å²) in [6.45, 7) is 11.0. The molecule has 0 bridgehead atoms. The molecule has 0 radical (unpaired) electrons. The minimum absolute atomic E-state index is 0.828. The number of likely N-dealkylation sites (N-methyl/N-ethyl adjacent to an activating group) is 1. The Morgan fingerprint density at radius 1 is 1.20 bits per heavy atom. The zero-order chi connectivity index (χ0) is 11.7. The van der Waals surface area contributed by atoms with E-state index in [4.69, 9.17) is 0 Å². The molecule has 0 fully saturated rings. The lowest BCUT2D eigenvalue weighted by Gasteiger charge is -2.16. The molecule has 0 atom stereocenters. The van der Waals surface area contributed by atoms with Crippen molar-refractivity contribution in [2.45, 2.75) is 0 Å². The van der Waals surface area contributed by atoms with Crippen molar-refractivity contribution in [3.8, 4) is 0 Å². The highest BCUT2D eigenvalue weighted by molar-refractivity contribution is 6.01. The molecule has 80 valence electrons. The maximum absolute atomic E-state index is 4.18. The fraction of sp³-hybridized carbons (Fsp3) is 0.154. The Morgan fingerprint density at radius 3 is 2.27 bits per heavy atom. The largest absolute Gasteiger partial charge is 0.337 e. The number of allylic oxidation sites excluding steroid dienone is 4. The fourth-order valence-corrected chi connectivity index (χ4v) is 1.05. The van der Waals surface area contributed by atoms with Gasteiger partial charge in [-0.1, -0.05) is 50.1 Å². The predicted molar refractivity (Wildman–Crippen MR) is 68.9 cm³/mol. The van der Waals surface area contributed by atoms with Gasteiger partial charge in [0.2, 0.25) is 0 Å². The maximum atomic E-state index is 4.18. The molecular formula is C13H18N2. The smallest absolute Gasteiger partial charge is 0.134 e. The van der Waals surface area contributed by atoms with Crippen LogP contribution in [0.4, 0.5) is 0 Å². The highest BCUT2D eigenvalue weighted by Gasteiger charge is 2.04. The molecule has 15 heavy (non-hydrogen) atoms. The van der Waals surface area contributed by atoms with Crippen LogP contribution in [0.3, 0.4) is 0 Å². The molecule has 0 aromatic rings. The molecule has 0 amide bonds. The number of hydrogen-bond acceptors (Lipinski definition) is 1. The van der Waals surface area contributed by atoms with Gasteiger partial charge in [0.05, 0.1) is 0 Å². The van der Waals surface area contributed by atoms with Crippen LogP contribution in [-0.4, -0.2) is 24.8 Å². The van der Waals surface area contributed by atoms with Crippen molar-refractivity contribution < 1.29 is 0 Å². The molecule has 0 aromatic carbocycles. The second-order valence-electron chi connectivity index (χ2n) is 2.79. The Kier molecular flexibility index (Phi) is 6.64. The Hall–Kier alpha value is -1.83. The van der Waals surface area contributed by atoms with Crippen LogP contribution in [-0.2, 0) is 0 Å². The van der Waals surface area contributed by atoms with Gasteiger partial charge < -0.3 is 4.90 Å². The predicted octanol–water partition coefficient (Wildman–Crippen LogP) is 2.94. The zero-order valence-corrected chi connectivity index (χ0v) is 9.48. The Morgan fingerprint density at radius 2 is 1.87 bits per heavy atom. The number of amidine groups is 1. The molecule has 0 saturated heterocycles. The van der Waals surface area contributed by atoms with Crippen LogP contribution in [0.5, 0.6) is 0 Å². The fourth-order valence-electron chi connectivity index (χ4n) is 1.05. The second-order valence-corrected chi connectivity index (χ2v) is 2.79. The normalized spacial score (nSPS) is 12.7. The summed E-state index contributed by atoms with van der Waals surface area (Å²) >= 11 is 0. The molecule has 0 aliphatic heterocycles. The number of hydrogen-bond donors (Lipinski definition) is 0. The first kappa shape index (κ1) is 13.2. The van der Waals surface area contributed by atoms with E-state index in [-0.39, 0.29) is 0 Å². The summed E-state index contributed by atoms with van der Waals surface area (Å²) in [5.41, 5.74) is 0.943. The van der Waals surface area contributed by atoms with Gasteiger partial charge in [0, 0.05) is 19.7 Å². The topological polar surface area (TPSA) is 15.6 Å². The maximum Gasteiger partial charge on any atom is 0.134 e. The monoisotopic (exact) mass is 202 g/mol. The van der Waals surface area contributed by atoms with Crippen molar-refractivity contribution in [1.82, 2.24) is 4.90 Å². The minimum atomic E-state index is 0.828. The highest BCUT2D eigenvalue weighted by Crippen LogP contribution is 2.04. The Balaban J connectivity index is 5.01. The second kappa shape index (κ2) is 7.56. The summed E-state index contributed by atoms with van der Waals surface area (Å²) in [5.74, 6) is 0.828. The van der Waals surface area contributed by atoms with E-state index in [0.717, 1.165) is 11.4 Å². The molecule has 0 aliphatic carbocycles. The van der Waals surface area contributed by atoms with Gasteiger partial charge >= 0.3 is 0 Å². The molecule has 2 nitrogen and oxygen atoms in total. The molecular weight excluding hydrogens is 184 g/mol. The summed E-state index contributed by atoms with van der Waals surface area (Å²) < 4.78 is 0. The van der Waals surface area contributed by atoms with E-state index in [0.29, 0.717) is 0 Å². The lowest BCUT2D eigenvalue weighted by atomic mass is 10.2. The van der Waals surface area contributed by atoms with Crippen LogP contribution < -0.4 is 0 Å². The van der Waals surface area contributed by atoms with Crippen LogP contribution in [0.1, 0.15) is 0 Å². The van der Waals surface area contributed by atoms with E-state index >= 15 is 0 Å². The molecule has 0 rings (SSSR count). The van der Waals surface area contributed by atoms with Crippen molar-refractivity contribution in [2.24, 2.45) is 4.99 Å². The van der Waals surface area contributed by atoms with Gasteiger partial charge in [-0.2, -0.15) is 0 Å². The Labute approximate surface area is 92.3 Å². The third kappa shape index (κ3) is 4.27. The first-order valence-corrected chi connectivity index (χ1v) is 4.65. The highest BCUT2D eigenvalue weighted by atomic mass is 15.1. The quantitative estimate of drug-likeness (QED) is 0.380. The van der Waals surface area contributed by atoms with Crippen molar-refractivity contribution >= 4 is 5.84 Å². The minimum Gasteiger partial charge on any atom is -0.337 e. The third-order valence-electron chi connectivity index (χ3n) is 1.82. The average Bonchev–Trinajstić information content (AvgIpc) is 2.27. The number of rotatable bonds is 5. The molecule has 2 heteroatoms. The molecule has 0 aromatic heterocycles. The van der Waals surface area contributed by atoms with Gasteiger partial charge in [0.15, 0.2) is 0 Å². The van der Waals surface area contributed by atoms with Crippen LogP contribution in [0.15, 0.2) is 66.9 Å². The van der Waals surface area contributed by atoms with Crippen LogP contribution in [0, 0.1) is 0 Å². The van der Waals surface area contributed by atoms with Gasteiger partial charge in [0.25, 0.3) is 0 Å². The van der Waals surface area contributed by atoms with Gasteiger partial charge in [-0.25, -0.2) is 0 Å². The molecule has 0 unspecified atom stereocenters. The van der Waals surface area contributed by atoms with Gasteiger partial charge in [-0.05, 0) is 6.20 Å². The average molecular weight is 202 g/mol. The summed E-state index contributed by atoms with van der Waals surface area (Å²) in [7, 11) is 3.63. The van der Waals surface area contributed by atoms with Crippen molar-refractivity contribution in [1.29, 1.82) is 0 Å². The summed E-state index contributed by atoms with van der Waals surface area (Å²) in [6, 6.07) is 0. The third-order valence-corrected chi connectivity index (χ3v) is 1.82. The van der Waals surface area contributed by atoms with E-state index in [2.05, 4.69) is 24.7 Å². The van der Waals surface area contributed by atoms with E-state index in [1.165, 1.54) is 0 Å². The van der Waals surface area contributed by atoms with Crippen molar-refractivity contribution in [3.63, 3.8) is 0 Å². The van der Waals surface area contributed by atoms with Crippen LogP contribution in [0.25, 0.3) is 0 Å². The lowest BCUT2D eigenvalue weighted by molar-refractivity contribution is 0.690. The number of nitrogens with zero attached hydrogens (tertiary/aromatic N) is 2. The molecule has 0 N–H and O–H groups in total. The van der Waals surface area contributed by atoms with E-state index in [1.54, 1.807) is 25.4 Å². The summed E-state index contributed by atoms with van der Waals surface area (Å²) in [6.07, 6.45) is 10.9. The summed E-state index contributed by atoms with van der Waals surface area (Å²) in [5, 5.41) is 0. The summed E-state index contributed by atoms with van der Waals surface area (Å²) in [4.78, 5) is 6.02. The van der Waals surface area contributed by atoms with E-state index < -0.39 is 0 Å². The first-order valence-electron chi connectivity index (χ1n) is 4.65. The molecule has 0 saturated carbocycles. The molecule has 0 heterocycles. The van der Waals surface area contributed by atoms with Gasteiger partial charge in [-0.15, -0.1) is 0 Å². The van der Waals surface area contributed by atoms with Gasteiger partial charge in [0.1, 0.15) is 5.84 Å². The SMILES string of the molecule is C=C/C=C\C=C(/C=C)C(=NC)N(C)C=C. The zero-order valence-electron chi connectivity index (χ0n) is 9.48. The Bertz CT molecular complexity index is 319. The van der Waals surface area contributed by atoms with Crippen LogP contribution >= 0.6 is 0 Å². The molecule has 0 spiro atoms. The van der Waals surface area contributed by atoms with Crippen LogP contribution in [0.2, 0.25) is 0 Å². The number of aliphatic imine (C=N–C) groups is 1. The van der Waals surface area contributed by atoms with E-state index in [1.807, 2.05) is 30.2 Å². The lowest BCUT2D eigenvalue weighted by Crippen LogP contribution is -2.21. The molecule has 0 aliphatic rings. The van der Waals surface area contributed by atoms with Crippen molar-refractivity contribution in [2.75, 3.05) is 14.1 Å². The van der Waals surface area contributed by atoms with E-state index in [9.17, 15) is 0 Å².